The number of carbonyl (C=O) groups is 2. The van der Waals surface area contributed by atoms with Crippen LogP contribution in [0.1, 0.15) is 48.2 Å². The van der Waals surface area contributed by atoms with Crippen LogP contribution in [0.4, 0.5) is 10.6 Å². The largest absolute Gasteiger partial charge is 0.366 e. The van der Waals surface area contributed by atoms with E-state index in [9.17, 15) is 9.59 Å². The molecule has 31 heavy (non-hydrogen) atoms. The highest BCUT2D eigenvalue weighted by molar-refractivity contribution is 5.94. The van der Waals surface area contributed by atoms with Gasteiger partial charge in [-0.1, -0.05) is 18.7 Å². The van der Waals surface area contributed by atoms with Gasteiger partial charge in [-0.25, -0.2) is 4.79 Å². The summed E-state index contributed by atoms with van der Waals surface area (Å²) in [6.45, 7) is 11.9. The van der Waals surface area contributed by atoms with Gasteiger partial charge in [-0.2, -0.15) is 4.68 Å². The molecule has 0 saturated carbocycles. The van der Waals surface area contributed by atoms with Gasteiger partial charge in [0.2, 0.25) is 5.91 Å². The second-order valence-corrected chi connectivity index (χ2v) is 8.69. The molecule has 1 aliphatic rings. The topological polar surface area (TPSA) is 96.5 Å². The van der Waals surface area contributed by atoms with Crippen molar-refractivity contribution in [1.82, 2.24) is 19.6 Å². The minimum atomic E-state index is -0.402. The van der Waals surface area contributed by atoms with Crippen LogP contribution >= 0.6 is 0 Å². The maximum Gasteiger partial charge on any atom is 0.344 e. The number of rotatable bonds is 6. The molecule has 1 aromatic carbocycles. The van der Waals surface area contributed by atoms with E-state index in [1.54, 1.807) is 18.3 Å². The molecule has 0 unspecified atom stereocenters. The van der Waals surface area contributed by atoms with Gasteiger partial charge in [0, 0.05) is 48.7 Å². The van der Waals surface area contributed by atoms with Gasteiger partial charge in [0.15, 0.2) is 5.82 Å². The molecule has 0 bridgehead atoms. The summed E-state index contributed by atoms with van der Waals surface area (Å²) in [6, 6.07) is 7.43. The van der Waals surface area contributed by atoms with Gasteiger partial charge in [0.25, 0.3) is 0 Å². The summed E-state index contributed by atoms with van der Waals surface area (Å²) in [5, 5.41) is 7.31. The number of benzene rings is 1. The number of nitrogens with one attached hydrogen (secondary N) is 1. The third-order valence-electron chi connectivity index (χ3n) is 6.14. The van der Waals surface area contributed by atoms with Crippen LogP contribution < -0.4 is 11.1 Å². The summed E-state index contributed by atoms with van der Waals surface area (Å²) in [4.78, 5) is 28.5. The third-order valence-corrected chi connectivity index (χ3v) is 6.14. The van der Waals surface area contributed by atoms with Crippen molar-refractivity contribution in [2.24, 2.45) is 5.73 Å². The molecule has 3 N–H and O–H groups in total. The molecule has 1 fully saturated rings. The Labute approximate surface area is 183 Å². The highest BCUT2D eigenvalue weighted by Gasteiger charge is 2.35. The van der Waals surface area contributed by atoms with Crippen molar-refractivity contribution in [2.75, 3.05) is 25.5 Å². The average Bonchev–Trinajstić information content (AvgIpc) is 3.15. The van der Waals surface area contributed by atoms with Crippen molar-refractivity contribution in [3.8, 4) is 0 Å². The van der Waals surface area contributed by atoms with E-state index in [1.807, 2.05) is 30.9 Å². The predicted octanol–water partition coefficient (Wildman–Crippen LogP) is 3.19. The normalized spacial score (nSPS) is 15.7. The highest BCUT2D eigenvalue weighted by Crippen LogP contribution is 2.29. The van der Waals surface area contributed by atoms with E-state index in [0.29, 0.717) is 24.5 Å². The number of primary amides is 1. The standard InChI is InChI=1S/C23H32N6O2/c1-16(2)25-20-8-11-29(26-20)22(31)28-12-9-23(4,10-13-28)27(5)15-18-6-7-19(21(24)30)17(3)14-18/h6-8,11,14H,1,9-10,12-13,15H2,2-5H3,(H2,24,30)(H,25,26). The monoisotopic (exact) mass is 424 g/mol. The molecule has 2 amide bonds. The Morgan fingerprint density at radius 2 is 1.97 bits per heavy atom. The number of piperidine rings is 1. The lowest BCUT2D eigenvalue weighted by Crippen LogP contribution is -2.53. The Morgan fingerprint density at radius 1 is 1.29 bits per heavy atom. The molecule has 166 valence electrons. The number of hydrogen-bond acceptors (Lipinski definition) is 5. The molecular formula is C23H32N6O2. The number of hydrogen-bond donors (Lipinski definition) is 2. The van der Waals surface area contributed by atoms with Crippen LogP contribution in [-0.4, -0.2) is 57.2 Å². The first-order valence-electron chi connectivity index (χ1n) is 10.5. The fourth-order valence-corrected chi connectivity index (χ4v) is 3.99. The van der Waals surface area contributed by atoms with E-state index < -0.39 is 5.91 Å². The number of nitrogens with zero attached hydrogens (tertiary/aromatic N) is 4. The molecule has 0 spiro atoms. The second-order valence-electron chi connectivity index (χ2n) is 8.69. The summed E-state index contributed by atoms with van der Waals surface area (Å²) >= 11 is 0. The zero-order valence-corrected chi connectivity index (χ0v) is 18.8. The van der Waals surface area contributed by atoms with Crippen molar-refractivity contribution in [3.05, 3.63) is 59.4 Å². The summed E-state index contributed by atoms with van der Waals surface area (Å²) in [5.74, 6) is 0.209. The van der Waals surface area contributed by atoms with E-state index in [0.717, 1.165) is 36.2 Å². The van der Waals surface area contributed by atoms with Gasteiger partial charge in [-0.05, 0) is 57.9 Å². The minimum Gasteiger partial charge on any atom is -0.366 e. The lowest BCUT2D eigenvalue weighted by molar-refractivity contribution is 0.0585. The second kappa shape index (κ2) is 8.93. The van der Waals surface area contributed by atoms with E-state index in [2.05, 4.69) is 35.9 Å². The predicted molar refractivity (Wildman–Crippen MR) is 122 cm³/mol. The molecule has 2 heterocycles. The van der Waals surface area contributed by atoms with Crippen molar-refractivity contribution >= 4 is 17.8 Å². The van der Waals surface area contributed by atoms with E-state index >= 15 is 0 Å². The highest BCUT2D eigenvalue weighted by atomic mass is 16.2. The number of nitrogens with two attached hydrogens (primary N) is 1. The first-order valence-corrected chi connectivity index (χ1v) is 10.5. The molecule has 0 aliphatic carbocycles. The molecule has 2 aromatic rings. The van der Waals surface area contributed by atoms with Crippen LogP contribution in [0.25, 0.3) is 0 Å². The van der Waals surface area contributed by atoms with Crippen LogP contribution in [0.5, 0.6) is 0 Å². The number of likely N-dealkylation sites (tertiary alicyclic amines) is 1. The Bertz CT molecular complexity index is 988. The van der Waals surface area contributed by atoms with E-state index in [-0.39, 0.29) is 11.6 Å². The number of anilines is 1. The number of carbonyl (C=O) groups excluding carboxylic acids is 2. The lowest BCUT2D eigenvalue weighted by Gasteiger charge is -2.45. The summed E-state index contributed by atoms with van der Waals surface area (Å²) in [6.07, 6.45) is 3.41. The van der Waals surface area contributed by atoms with E-state index in [1.165, 1.54) is 4.68 Å². The molecule has 3 rings (SSSR count). The van der Waals surface area contributed by atoms with Crippen LogP contribution in [0.15, 0.2) is 42.7 Å². The van der Waals surface area contributed by atoms with Gasteiger partial charge < -0.3 is 16.0 Å². The number of amides is 2. The van der Waals surface area contributed by atoms with Crippen LogP contribution in [0, 0.1) is 6.92 Å². The van der Waals surface area contributed by atoms with Crippen LogP contribution in [0.2, 0.25) is 0 Å². The molecule has 8 heteroatoms. The van der Waals surface area contributed by atoms with Crippen LogP contribution in [0.3, 0.4) is 0 Å². The molecule has 8 nitrogen and oxygen atoms in total. The van der Waals surface area contributed by atoms with E-state index in [4.69, 9.17) is 5.73 Å². The Balaban J connectivity index is 1.60. The van der Waals surface area contributed by atoms with Gasteiger partial charge in [-0.3, -0.25) is 9.69 Å². The number of aryl methyl sites for hydroxylation is 1. The van der Waals surface area contributed by atoms with Crippen molar-refractivity contribution in [1.29, 1.82) is 0 Å². The SMILES string of the molecule is C=C(C)Nc1ccn(C(=O)N2CCC(C)(N(C)Cc3ccc(C(N)=O)c(C)c3)CC2)n1. The summed E-state index contributed by atoms with van der Waals surface area (Å²) in [5.41, 5.74) is 8.75. The molecule has 1 aromatic heterocycles. The van der Waals surface area contributed by atoms with Crippen molar-refractivity contribution < 1.29 is 9.59 Å². The van der Waals surface area contributed by atoms with Crippen molar-refractivity contribution in [3.63, 3.8) is 0 Å². The summed E-state index contributed by atoms with van der Waals surface area (Å²) in [7, 11) is 2.11. The fraction of sp³-hybridized carbons (Fsp3) is 0.435. The maximum atomic E-state index is 12.8. The first-order chi connectivity index (χ1) is 14.6. The molecule has 1 aliphatic heterocycles. The van der Waals surface area contributed by atoms with Gasteiger partial charge in [0.05, 0.1) is 0 Å². The third kappa shape index (κ3) is 5.14. The zero-order valence-electron chi connectivity index (χ0n) is 18.8. The Kier molecular flexibility index (Phi) is 6.50. The van der Waals surface area contributed by atoms with Gasteiger partial charge >= 0.3 is 6.03 Å². The smallest absolute Gasteiger partial charge is 0.344 e. The minimum absolute atomic E-state index is 0.0240. The van der Waals surface area contributed by atoms with Gasteiger partial charge in [-0.15, -0.1) is 5.10 Å². The number of allylic oxidation sites excluding steroid dienone is 1. The van der Waals surface area contributed by atoms with Gasteiger partial charge in [0.1, 0.15) is 0 Å². The maximum absolute atomic E-state index is 12.8. The lowest BCUT2D eigenvalue weighted by atomic mass is 9.87. The Hall–Kier alpha value is -3.13. The quantitative estimate of drug-likeness (QED) is 0.742. The average molecular weight is 425 g/mol. The molecular weight excluding hydrogens is 392 g/mol. The van der Waals surface area contributed by atoms with Crippen molar-refractivity contribution in [2.45, 2.75) is 45.7 Å². The molecule has 0 radical (unpaired) electrons. The Morgan fingerprint density at radius 3 is 2.55 bits per heavy atom. The van der Waals surface area contributed by atoms with Crippen LogP contribution in [-0.2, 0) is 6.54 Å². The zero-order chi connectivity index (χ0) is 22.8. The molecule has 0 atom stereocenters. The fourth-order valence-electron chi connectivity index (χ4n) is 3.99. The first kappa shape index (κ1) is 22.6. The summed E-state index contributed by atoms with van der Waals surface area (Å²) < 4.78 is 1.38. The number of aromatic nitrogens is 2. The molecule has 1 saturated heterocycles.